The molecule has 3 aromatic rings. The molecule has 7 nitrogen and oxygen atoms in total. The van der Waals surface area contributed by atoms with Crippen LogP contribution in [0.25, 0.3) is 5.76 Å². The number of carbonyl (C=O) groups excluding carboxylic acids is 2. The minimum absolute atomic E-state index is 0.0520. The molecule has 7 heteroatoms. The lowest BCUT2D eigenvalue weighted by molar-refractivity contribution is -0.140. The van der Waals surface area contributed by atoms with Gasteiger partial charge in [-0.25, -0.2) is 0 Å². The number of rotatable bonds is 12. The van der Waals surface area contributed by atoms with Crippen LogP contribution in [0.3, 0.4) is 0 Å². The zero-order valence-electron chi connectivity index (χ0n) is 22.4. The van der Waals surface area contributed by atoms with Crippen LogP contribution < -0.4 is 9.47 Å². The summed E-state index contributed by atoms with van der Waals surface area (Å²) in [6, 6.07) is 22.7. The molecular formula is C32H34N2O5. The normalized spacial score (nSPS) is 16.5. The standard InChI is InChI=1S/C32H34N2O5/c1-4-21-38-25-17-15-23(16-18-25)30(35)28-29(34(32(37)31(28)36)20-19-33(5-2)6-3)24-11-10-14-27(22-24)39-26-12-8-7-9-13-26/h4,7-18,22,29,35H,1,5-6,19-21H2,2-3H3/b30-28+. The van der Waals surface area contributed by atoms with Crippen LogP contribution in [-0.2, 0) is 9.59 Å². The zero-order valence-corrected chi connectivity index (χ0v) is 22.4. The molecule has 1 heterocycles. The largest absolute Gasteiger partial charge is 0.507 e. The van der Waals surface area contributed by atoms with E-state index in [2.05, 4.69) is 25.3 Å². The second kappa shape index (κ2) is 12.9. The molecule has 202 valence electrons. The van der Waals surface area contributed by atoms with E-state index >= 15 is 0 Å². The Labute approximate surface area is 229 Å². The fourth-order valence-corrected chi connectivity index (χ4v) is 4.64. The lowest BCUT2D eigenvalue weighted by Gasteiger charge is -2.28. The van der Waals surface area contributed by atoms with Crippen molar-refractivity contribution in [2.24, 2.45) is 0 Å². The molecule has 1 saturated heterocycles. The van der Waals surface area contributed by atoms with E-state index in [0.29, 0.717) is 48.1 Å². The molecule has 39 heavy (non-hydrogen) atoms. The van der Waals surface area contributed by atoms with Crippen molar-refractivity contribution < 1.29 is 24.2 Å². The highest BCUT2D eigenvalue weighted by atomic mass is 16.5. The minimum Gasteiger partial charge on any atom is -0.507 e. The predicted octanol–water partition coefficient (Wildman–Crippen LogP) is 5.81. The average Bonchev–Trinajstić information content (AvgIpc) is 3.22. The fourth-order valence-electron chi connectivity index (χ4n) is 4.64. The smallest absolute Gasteiger partial charge is 0.295 e. The number of aliphatic hydroxyl groups is 1. The second-order valence-electron chi connectivity index (χ2n) is 9.13. The van der Waals surface area contributed by atoms with Crippen molar-refractivity contribution in [3.63, 3.8) is 0 Å². The van der Waals surface area contributed by atoms with E-state index in [9.17, 15) is 14.7 Å². The Balaban J connectivity index is 1.75. The molecule has 1 fully saturated rings. The molecule has 1 unspecified atom stereocenters. The fraction of sp³-hybridized carbons (Fsp3) is 0.250. The third-order valence-electron chi connectivity index (χ3n) is 6.74. The molecule has 4 rings (SSSR count). The van der Waals surface area contributed by atoms with Crippen molar-refractivity contribution in [1.29, 1.82) is 0 Å². The van der Waals surface area contributed by atoms with Crippen LogP contribution in [0.15, 0.2) is 97.1 Å². The first-order valence-corrected chi connectivity index (χ1v) is 13.1. The molecule has 0 spiro atoms. The number of ketones is 1. The van der Waals surface area contributed by atoms with E-state index in [4.69, 9.17) is 9.47 Å². The first kappa shape index (κ1) is 27.7. The van der Waals surface area contributed by atoms with Crippen LogP contribution in [-0.4, -0.2) is 59.4 Å². The number of aliphatic hydroxyl groups excluding tert-OH is 1. The number of likely N-dealkylation sites (N-methyl/N-ethyl adjacent to an activating group) is 1. The highest BCUT2D eigenvalue weighted by molar-refractivity contribution is 6.46. The number of hydrogen-bond donors (Lipinski definition) is 1. The molecule has 1 aliphatic heterocycles. The maximum Gasteiger partial charge on any atom is 0.295 e. The SMILES string of the molecule is C=CCOc1ccc(/C(O)=C2\C(=O)C(=O)N(CCN(CC)CC)C2c2cccc(Oc3ccccc3)c2)cc1. The molecule has 0 aromatic heterocycles. The molecule has 0 saturated carbocycles. The van der Waals surface area contributed by atoms with E-state index in [0.717, 1.165) is 13.1 Å². The molecule has 0 bridgehead atoms. The molecule has 0 aliphatic carbocycles. The van der Waals surface area contributed by atoms with Gasteiger partial charge in [-0.1, -0.05) is 56.8 Å². The lowest BCUT2D eigenvalue weighted by Crippen LogP contribution is -2.38. The summed E-state index contributed by atoms with van der Waals surface area (Å²) in [5.41, 5.74) is 1.15. The van der Waals surface area contributed by atoms with Crippen molar-refractivity contribution in [3.8, 4) is 17.2 Å². The quantitative estimate of drug-likeness (QED) is 0.139. The van der Waals surface area contributed by atoms with Crippen LogP contribution >= 0.6 is 0 Å². The Hall–Kier alpha value is -4.36. The molecule has 1 aliphatic rings. The van der Waals surface area contributed by atoms with Gasteiger partial charge in [-0.15, -0.1) is 0 Å². The highest BCUT2D eigenvalue weighted by Gasteiger charge is 2.46. The van der Waals surface area contributed by atoms with Gasteiger partial charge in [-0.05, 0) is 67.2 Å². The van der Waals surface area contributed by atoms with Crippen molar-refractivity contribution in [1.82, 2.24) is 9.80 Å². The zero-order chi connectivity index (χ0) is 27.8. The van der Waals surface area contributed by atoms with Gasteiger partial charge in [0.05, 0.1) is 11.6 Å². The Bertz CT molecular complexity index is 1330. The summed E-state index contributed by atoms with van der Waals surface area (Å²) in [6.07, 6.45) is 1.64. The lowest BCUT2D eigenvalue weighted by atomic mass is 9.95. The number of hydrogen-bond acceptors (Lipinski definition) is 6. The number of Topliss-reactive ketones (excluding diaryl/α,β-unsaturated/α-hetero) is 1. The second-order valence-corrected chi connectivity index (χ2v) is 9.13. The van der Waals surface area contributed by atoms with Gasteiger partial charge >= 0.3 is 0 Å². The molecule has 1 amide bonds. The Morgan fingerprint density at radius 1 is 0.949 bits per heavy atom. The number of benzene rings is 3. The van der Waals surface area contributed by atoms with Gasteiger partial charge in [0.2, 0.25) is 0 Å². The Morgan fingerprint density at radius 2 is 1.64 bits per heavy atom. The molecule has 3 aromatic carbocycles. The summed E-state index contributed by atoms with van der Waals surface area (Å²) in [4.78, 5) is 30.5. The predicted molar refractivity (Wildman–Crippen MR) is 152 cm³/mol. The summed E-state index contributed by atoms with van der Waals surface area (Å²) in [5, 5.41) is 11.4. The number of nitrogens with zero attached hydrogens (tertiary/aromatic N) is 2. The van der Waals surface area contributed by atoms with Gasteiger partial charge in [-0.3, -0.25) is 9.59 Å². The third-order valence-corrected chi connectivity index (χ3v) is 6.74. The van der Waals surface area contributed by atoms with Crippen LogP contribution in [0, 0.1) is 0 Å². The maximum atomic E-state index is 13.4. The Kier molecular flexibility index (Phi) is 9.18. The van der Waals surface area contributed by atoms with Crippen LogP contribution in [0.5, 0.6) is 17.2 Å². The highest BCUT2D eigenvalue weighted by Crippen LogP contribution is 2.40. The Morgan fingerprint density at radius 3 is 2.31 bits per heavy atom. The molecular weight excluding hydrogens is 492 g/mol. The summed E-state index contributed by atoms with van der Waals surface area (Å²) in [7, 11) is 0. The average molecular weight is 527 g/mol. The van der Waals surface area contributed by atoms with Gasteiger partial charge in [0.1, 0.15) is 29.6 Å². The van der Waals surface area contributed by atoms with Gasteiger partial charge in [-0.2, -0.15) is 0 Å². The minimum atomic E-state index is -0.767. The third kappa shape index (κ3) is 6.38. The van der Waals surface area contributed by atoms with E-state index in [1.807, 2.05) is 54.6 Å². The first-order valence-electron chi connectivity index (χ1n) is 13.1. The summed E-state index contributed by atoms with van der Waals surface area (Å²) < 4.78 is 11.6. The van der Waals surface area contributed by atoms with E-state index in [1.165, 1.54) is 0 Å². The summed E-state index contributed by atoms with van der Waals surface area (Å²) in [6.45, 7) is 10.7. The van der Waals surface area contributed by atoms with Gasteiger partial charge in [0.25, 0.3) is 11.7 Å². The van der Waals surface area contributed by atoms with Crippen molar-refractivity contribution in [3.05, 3.63) is 108 Å². The van der Waals surface area contributed by atoms with Crippen LogP contribution in [0.2, 0.25) is 0 Å². The number of likely N-dealkylation sites (tertiary alicyclic amines) is 1. The van der Waals surface area contributed by atoms with Crippen molar-refractivity contribution >= 4 is 17.4 Å². The summed E-state index contributed by atoms with van der Waals surface area (Å²) >= 11 is 0. The molecule has 1 atom stereocenters. The van der Waals surface area contributed by atoms with Crippen LogP contribution in [0.1, 0.15) is 31.0 Å². The monoisotopic (exact) mass is 526 g/mol. The van der Waals surface area contributed by atoms with Crippen molar-refractivity contribution in [2.45, 2.75) is 19.9 Å². The number of amides is 1. The number of para-hydroxylation sites is 1. The topological polar surface area (TPSA) is 79.3 Å². The van der Waals surface area contributed by atoms with Gasteiger partial charge < -0.3 is 24.4 Å². The number of carbonyl (C=O) groups is 2. The van der Waals surface area contributed by atoms with Gasteiger partial charge in [0, 0.05) is 18.7 Å². The molecule has 0 radical (unpaired) electrons. The summed E-state index contributed by atoms with van der Waals surface area (Å²) in [5.74, 6) is 0.273. The van der Waals surface area contributed by atoms with E-state index in [1.54, 1.807) is 35.2 Å². The molecule has 1 N–H and O–H groups in total. The van der Waals surface area contributed by atoms with Gasteiger partial charge in [0.15, 0.2) is 0 Å². The number of ether oxygens (including phenoxy) is 2. The van der Waals surface area contributed by atoms with Crippen molar-refractivity contribution in [2.75, 3.05) is 32.8 Å². The first-order chi connectivity index (χ1) is 19.0. The van der Waals surface area contributed by atoms with E-state index < -0.39 is 17.7 Å². The maximum absolute atomic E-state index is 13.4. The van der Waals surface area contributed by atoms with Crippen LogP contribution in [0.4, 0.5) is 0 Å². The van der Waals surface area contributed by atoms with E-state index in [-0.39, 0.29) is 11.3 Å².